The van der Waals surface area contributed by atoms with Crippen LogP contribution in [0.1, 0.15) is 57.9 Å². The first-order valence-corrected chi connectivity index (χ1v) is 9.91. The van der Waals surface area contributed by atoms with Crippen molar-refractivity contribution in [1.29, 1.82) is 0 Å². The monoisotopic (exact) mass is 332 g/mol. The van der Waals surface area contributed by atoms with Crippen molar-refractivity contribution >= 4 is 9.84 Å². The van der Waals surface area contributed by atoms with Gasteiger partial charge >= 0.3 is 0 Å². The number of hydrogen-bond donors (Lipinski definition) is 0. The van der Waals surface area contributed by atoms with Crippen LogP contribution in [0.15, 0.2) is 53.0 Å². The summed E-state index contributed by atoms with van der Waals surface area (Å²) in [7, 11) is -3.42. The molecule has 0 N–H and O–H groups in total. The maximum absolute atomic E-state index is 13.4. The topological polar surface area (TPSA) is 34.1 Å². The van der Waals surface area contributed by atoms with E-state index >= 15 is 0 Å². The fourth-order valence-electron chi connectivity index (χ4n) is 3.45. The Morgan fingerprint density at radius 1 is 1.22 bits per heavy atom. The largest absolute Gasteiger partial charge is 0.223 e. The highest BCUT2D eigenvalue weighted by Gasteiger charge is 2.47. The van der Waals surface area contributed by atoms with E-state index in [0.717, 1.165) is 36.8 Å². The first-order chi connectivity index (χ1) is 10.8. The Balaban J connectivity index is 2.45. The molecule has 1 fully saturated rings. The minimum absolute atomic E-state index is 0.434. The summed E-state index contributed by atoms with van der Waals surface area (Å²) in [6.45, 7) is 10.3. The van der Waals surface area contributed by atoms with Crippen molar-refractivity contribution in [2.24, 2.45) is 0 Å². The fraction of sp³-hybridized carbons (Fsp3) is 0.500. The molecule has 0 saturated heterocycles. The second kappa shape index (κ2) is 7.04. The lowest BCUT2D eigenvalue weighted by Crippen LogP contribution is -2.42. The molecular formula is C20H28O2S. The van der Waals surface area contributed by atoms with Crippen LogP contribution in [-0.2, 0) is 9.84 Å². The Kier molecular flexibility index (Phi) is 5.51. The van der Waals surface area contributed by atoms with Gasteiger partial charge in [0.05, 0.1) is 9.64 Å². The Bertz CT molecular complexity index is 692. The summed E-state index contributed by atoms with van der Waals surface area (Å²) in [4.78, 5) is 0.434. The Morgan fingerprint density at radius 3 is 2.43 bits per heavy atom. The van der Waals surface area contributed by atoms with Crippen LogP contribution in [0, 0.1) is 6.92 Å². The summed E-state index contributed by atoms with van der Waals surface area (Å²) in [6.07, 6.45) is 7.07. The standard InChI is InChI=1S/C20H28O2S/c1-16(2)8-7-15-20(14-6-5-9-18(20)4)23(21,22)19-12-10-17(3)11-13-19/h8,10-13H,4-7,9,14-15H2,1-3H3/t20-/m1/s1. The molecule has 1 aromatic rings. The summed E-state index contributed by atoms with van der Waals surface area (Å²) in [5.41, 5.74) is 3.20. The highest BCUT2D eigenvalue weighted by Crippen LogP contribution is 2.45. The second-order valence-electron chi connectivity index (χ2n) is 6.94. The van der Waals surface area contributed by atoms with Gasteiger partial charge in [0.1, 0.15) is 0 Å². The molecule has 1 aromatic carbocycles. The molecule has 23 heavy (non-hydrogen) atoms. The number of allylic oxidation sites excluding steroid dienone is 2. The minimum atomic E-state index is -3.42. The van der Waals surface area contributed by atoms with Crippen molar-refractivity contribution in [2.45, 2.75) is 68.9 Å². The molecule has 0 unspecified atom stereocenters. The van der Waals surface area contributed by atoms with Gasteiger partial charge in [0.25, 0.3) is 0 Å². The number of benzene rings is 1. The van der Waals surface area contributed by atoms with E-state index < -0.39 is 14.6 Å². The Morgan fingerprint density at radius 2 is 1.87 bits per heavy atom. The van der Waals surface area contributed by atoms with E-state index in [-0.39, 0.29) is 0 Å². The van der Waals surface area contributed by atoms with E-state index in [0.29, 0.717) is 17.7 Å². The minimum Gasteiger partial charge on any atom is -0.223 e. The molecule has 0 radical (unpaired) electrons. The molecule has 1 aliphatic carbocycles. The van der Waals surface area contributed by atoms with Crippen LogP contribution in [-0.4, -0.2) is 13.2 Å². The van der Waals surface area contributed by atoms with E-state index in [1.54, 1.807) is 12.1 Å². The summed E-state index contributed by atoms with van der Waals surface area (Å²) in [5, 5.41) is 0. The number of rotatable bonds is 5. The predicted octanol–water partition coefficient (Wildman–Crippen LogP) is 5.38. The molecule has 0 heterocycles. The molecule has 0 aromatic heterocycles. The molecule has 1 saturated carbocycles. The van der Waals surface area contributed by atoms with Crippen LogP contribution in [0.5, 0.6) is 0 Å². The number of aryl methyl sites for hydroxylation is 1. The average Bonchev–Trinajstić information content (AvgIpc) is 2.49. The van der Waals surface area contributed by atoms with Crippen LogP contribution in [0.25, 0.3) is 0 Å². The third kappa shape index (κ3) is 3.60. The molecule has 126 valence electrons. The van der Waals surface area contributed by atoms with E-state index in [9.17, 15) is 8.42 Å². The Labute approximate surface area is 141 Å². The van der Waals surface area contributed by atoms with Crippen molar-refractivity contribution in [1.82, 2.24) is 0 Å². The van der Waals surface area contributed by atoms with Crippen LogP contribution in [0.2, 0.25) is 0 Å². The van der Waals surface area contributed by atoms with Gasteiger partial charge in [-0.2, -0.15) is 0 Å². The molecule has 1 atom stereocenters. The maximum Gasteiger partial charge on any atom is 0.187 e. The molecule has 0 spiro atoms. The van der Waals surface area contributed by atoms with E-state index in [4.69, 9.17) is 0 Å². The smallest absolute Gasteiger partial charge is 0.187 e. The normalized spacial score (nSPS) is 22.0. The zero-order chi connectivity index (χ0) is 17.1. The van der Waals surface area contributed by atoms with E-state index in [1.165, 1.54) is 5.57 Å². The fourth-order valence-corrected chi connectivity index (χ4v) is 5.68. The van der Waals surface area contributed by atoms with Gasteiger partial charge in [-0.25, -0.2) is 8.42 Å². The van der Waals surface area contributed by atoms with Crippen LogP contribution in [0.3, 0.4) is 0 Å². The van der Waals surface area contributed by atoms with Crippen molar-refractivity contribution in [3.8, 4) is 0 Å². The molecule has 0 bridgehead atoms. The van der Waals surface area contributed by atoms with Gasteiger partial charge in [-0.3, -0.25) is 0 Å². The first kappa shape index (κ1) is 18.0. The lowest BCUT2D eigenvalue weighted by Gasteiger charge is -2.38. The van der Waals surface area contributed by atoms with Crippen LogP contribution >= 0.6 is 0 Å². The number of hydrogen-bond acceptors (Lipinski definition) is 2. The van der Waals surface area contributed by atoms with Crippen molar-refractivity contribution in [3.63, 3.8) is 0 Å². The number of sulfone groups is 1. The van der Waals surface area contributed by atoms with Gasteiger partial charge in [-0.1, -0.05) is 47.9 Å². The lowest BCUT2D eigenvalue weighted by molar-refractivity contribution is 0.435. The molecule has 2 rings (SSSR count). The SMILES string of the molecule is C=C1CCCC[C@]1(CCC=C(C)C)S(=O)(=O)c1ccc(C)cc1. The van der Waals surface area contributed by atoms with Crippen molar-refractivity contribution < 1.29 is 8.42 Å². The summed E-state index contributed by atoms with van der Waals surface area (Å²) >= 11 is 0. The van der Waals surface area contributed by atoms with E-state index in [2.05, 4.69) is 26.5 Å². The zero-order valence-corrected chi connectivity index (χ0v) is 15.4. The van der Waals surface area contributed by atoms with Crippen molar-refractivity contribution in [3.05, 3.63) is 53.6 Å². The van der Waals surface area contributed by atoms with E-state index in [1.807, 2.05) is 19.1 Å². The lowest BCUT2D eigenvalue weighted by atomic mass is 9.81. The zero-order valence-electron chi connectivity index (χ0n) is 14.6. The first-order valence-electron chi connectivity index (χ1n) is 8.42. The van der Waals surface area contributed by atoms with Gasteiger partial charge in [0, 0.05) is 0 Å². The summed E-state index contributed by atoms with van der Waals surface area (Å²) in [6, 6.07) is 7.24. The summed E-state index contributed by atoms with van der Waals surface area (Å²) < 4.78 is 26.1. The predicted molar refractivity (Wildman–Crippen MR) is 97.4 cm³/mol. The van der Waals surface area contributed by atoms with Crippen LogP contribution in [0.4, 0.5) is 0 Å². The van der Waals surface area contributed by atoms with Gasteiger partial charge < -0.3 is 0 Å². The summed E-state index contributed by atoms with van der Waals surface area (Å²) in [5.74, 6) is 0. The highest BCUT2D eigenvalue weighted by atomic mass is 32.2. The Hall–Kier alpha value is -1.35. The quantitative estimate of drug-likeness (QED) is 0.678. The third-order valence-corrected chi connectivity index (χ3v) is 7.52. The van der Waals surface area contributed by atoms with Crippen molar-refractivity contribution in [2.75, 3.05) is 0 Å². The molecule has 2 nitrogen and oxygen atoms in total. The maximum atomic E-state index is 13.4. The van der Waals surface area contributed by atoms with Gasteiger partial charge in [0.15, 0.2) is 9.84 Å². The van der Waals surface area contributed by atoms with Gasteiger partial charge in [0.2, 0.25) is 0 Å². The molecule has 0 aliphatic heterocycles. The van der Waals surface area contributed by atoms with Gasteiger partial charge in [-0.05, 0) is 65.0 Å². The molecule has 0 amide bonds. The molecule has 3 heteroatoms. The van der Waals surface area contributed by atoms with Crippen LogP contribution < -0.4 is 0 Å². The van der Waals surface area contributed by atoms with Gasteiger partial charge in [-0.15, -0.1) is 0 Å². The average molecular weight is 333 g/mol. The molecular weight excluding hydrogens is 304 g/mol. The molecule has 1 aliphatic rings. The third-order valence-electron chi connectivity index (χ3n) is 4.90. The second-order valence-corrected chi connectivity index (χ2v) is 9.20. The highest BCUT2D eigenvalue weighted by molar-refractivity contribution is 7.93.